The van der Waals surface area contributed by atoms with Gasteiger partial charge >= 0.3 is 5.97 Å². The maximum Gasteiger partial charge on any atom is 0.303 e. The van der Waals surface area contributed by atoms with E-state index in [-0.39, 0.29) is 0 Å². The molecule has 2 N–H and O–H groups in total. The third kappa shape index (κ3) is 9.06. The van der Waals surface area contributed by atoms with Gasteiger partial charge in [0.05, 0.1) is 0 Å². The van der Waals surface area contributed by atoms with Crippen LogP contribution in [0.4, 0.5) is 0 Å². The summed E-state index contributed by atoms with van der Waals surface area (Å²) in [5, 5.41) is 13.2. The summed E-state index contributed by atoms with van der Waals surface area (Å²) in [5.74, 6) is -0.00200. The molecule has 0 spiro atoms. The number of carbonyl (C=O) groups is 1. The molecule has 0 amide bonds. The maximum absolute atomic E-state index is 10.4. The molecule has 1 unspecified atom stereocenters. The Morgan fingerprint density at radius 3 is 2.73 bits per heavy atom. The van der Waals surface area contributed by atoms with Crippen LogP contribution in [0, 0.1) is 5.92 Å². The number of carboxylic acids is 1. The van der Waals surface area contributed by atoms with E-state index in [9.17, 15) is 4.79 Å². The van der Waals surface area contributed by atoms with E-state index in [2.05, 4.69) is 17.5 Å². The van der Waals surface area contributed by atoms with Gasteiger partial charge in [-0.05, 0) is 44.4 Å². The van der Waals surface area contributed by atoms with Gasteiger partial charge in [0.25, 0.3) is 0 Å². The van der Waals surface area contributed by atoms with E-state index in [0.29, 0.717) is 12.3 Å². The summed E-state index contributed by atoms with van der Waals surface area (Å²) in [6.45, 7) is 3.24. The Kier molecular flexibility index (Phi) is 10.8. The average Bonchev–Trinajstić information content (AvgIpc) is 2.93. The fourth-order valence-electron chi connectivity index (χ4n) is 3.17. The largest absolute Gasteiger partial charge is 0.481 e. The SMILES string of the molecule is CCCCCCN/N=C1/CCCC1CCCCCCC(=O)O. The average molecular weight is 310 g/mol. The van der Waals surface area contributed by atoms with Crippen molar-refractivity contribution in [3.05, 3.63) is 0 Å². The topological polar surface area (TPSA) is 61.7 Å². The summed E-state index contributed by atoms with van der Waals surface area (Å²) in [7, 11) is 0. The second kappa shape index (κ2) is 12.5. The lowest BCUT2D eigenvalue weighted by atomic mass is 9.98. The molecule has 128 valence electrons. The van der Waals surface area contributed by atoms with Gasteiger partial charge in [0.2, 0.25) is 0 Å². The molecular formula is C18H34N2O2. The van der Waals surface area contributed by atoms with Crippen LogP contribution in [-0.4, -0.2) is 23.3 Å². The smallest absolute Gasteiger partial charge is 0.303 e. The lowest BCUT2D eigenvalue weighted by molar-refractivity contribution is -0.137. The second-order valence-electron chi connectivity index (χ2n) is 6.51. The van der Waals surface area contributed by atoms with E-state index in [1.807, 2.05) is 0 Å². The number of nitrogens with zero attached hydrogens (tertiary/aromatic N) is 1. The standard InChI is InChI=1S/C18H34N2O2/c1-2-3-4-9-15-19-20-17-13-10-12-16(17)11-7-5-6-8-14-18(21)22/h16,19H,2-15H2,1H3,(H,21,22)/b20-17-. The Bertz CT molecular complexity index is 329. The van der Waals surface area contributed by atoms with Gasteiger partial charge in [-0.1, -0.05) is 45.4 Å². The first kappa shape index (κ1) is 19.0. The van der Waals surface area contributed by atoms with Crippen molar-refractivity contribution in [3.8, 4) is 0 Å². The lowest BCUT2D eigenvalue weighted by Gasteiger charge is -2.11. The molecule has 0 heterocycles. The van der Waals surface area contributed by atoms with Crippen molar-refractivity contribution in [2.75, 3.05) is 6.54 Å². The minimum Gasteiger partial charge on any atom is -0.481 e. The van der Waals surface area contributed by atoms with E-state index >= 15 is 0 Å². The third-order valence-electron chi connectivity index (χ3n) is 4.51. The van der Waals surface area contributed by atoms with Crippen molar-refractivity contribution in [2.24, 2.45) is 11.0 Å². The van der Waals surface area contributed by atoms with Crippen molar-refractivity contribution in [1.82, 2.24) is 5.43 Å². The molecule has 1 aliphatic carbocycles. The summed E-state index contributed by atoms with van der Waals surface area (Å²) in [6.07, 6.45) is 14.6. The molecule has 0 aromatic rings. The van der Waals surface area contributed by atoms with Crippen LogP contribution in [0.5, 0.6) is 0 Å². The second-order valence-corrected chi connectivity index (χ2v) is 6.51. The highest BCUT2D eigenvalue weighted by Gasteiger charge is 2.21. The van der Waals surface area contributed by atoms with Crippen LogP contribution in [0.2, 0.25) is 0 Å². The van der Waals surface area contributed by atoms with Crippen LogP contribution in [0.25, 0.3) is 0 Å². The zero-order valence-corrected chi connectivity index (χ0v) is 14.3. The number of hydrogen-bond donors (Lipinski definition) is 2. The molecule has 22 heavy (non-hydrogen) atoms. The molecule has 1 rings (SSSR count). The zero-order chi connectivity index (χ0) is 16.0. The maximum atomic E-state index is 10.4. The van der Waals surface area contributed by atoms with Crippen molar-refractivity contribution in [1.29, 1.82) is 0 Å². The predicted octanol–water partition coefficient (Wildman–Crippen LogP) is 4.74. The molecule has 0 saturated heterocycles. The van der Waals surface area contributed by atoms with Crippen LogP contribution in [0.3, 0.4) is 0 Å². The van der Waals surface area contributed by atoms with Gasteiger partial charge in [0, 0.05) is 18.7 Å². The lowest BCUT2D eigenvalue weighted by Crippen LogP contribution is -2.15. The first-order valence-electron chi connectivity index (χ1n) is 9.25. The van der Waals surface area contributed by atoms with Crippen molar-refractivity contribution in [2.45, 2.75) is 90.4 Å². The zero-order valence-electron chi connectivity index (χ0n) is 14.3. The number of carboxylic acid groups (broad SMARTS) is 1. The molecule has 1 fully saturated rings. The molecule has 0 radical (unpaired) electrons. The van der Waals surface area contributed by atoms with Gasteiger partial charge in [0.15, 0.2) is 0 Å². The molecular weight excluding hydrogens is 276 g/mol. The summed E-state index contributed by atoms with van der Waals surface area (Å²) >= 11 is 0. The Morgan fingerprint density at radius 2 is 1.95 bits per heavy atom. The molecule has 1 aliphatic rings. The highest BCUT2D eigenvalue weighted by Crippen LogP contribution is 2.27. The number of rotatable bonds is 13. The van der Waals surface area contributed by atoms with E-state index in [1.54, 1.807) is 0 Å². The van der Waals surface area contributed by atoms with Gasteiger partial charge in [-0.25, -0.2) is 0 Å². The summed E-state index contributed by atoms with van der Waals surface area (Å²) < 4.78 is 0. The van der Waals surface area contributed by atoms with Crippen molar-refractivity contribution >= 4 is 11.7 Å². The molecule has 0 aliphatic heterocycles. The van der Waals surface area contributed by atoms with Crippen LogP contribution >= 0.6 is 0 Å². The Labute approximate surface area is 135 Å². The first-order chi connectivity index (χ1) is 10.7. The van der Waals surface area contributed by atoms with Crippen LogP contribution in [-0.2, 0) is 4.79 Å². The minimum absolute atomic E-state index is 0.318. The Balaban J connectivity index is 2.08. The fourth-order valence-corrected chi connectivity index (χ4v) is 3.17. The van der Waals surface area contributed by atoms with E-state index in [4.69, 9.17) is 5.11 Å². The first-order valence-corrected chi connectivity index (χ1v) is 9.25. The quantitative estimate of drug-likeness (QED) is 0.381. The van der Waals surface area contributed by atoms with E-state index < -0.39 is 5.97 Å². The summed E-state index contributed by atoms with van der Waals surface area (Å²) in [4.78, 5) is 10.4. The van der Waals surface area contributed by atoms with Crippen LogP contribution in [0.15, 0.2) is 5.10 Å². The van der Waals surface area contributed by atoms with Crippen molar-refractivity contribution in [3.63, 3.8) is 0 Å². The van der Waals surface area contributed by atoms with Gasteiger partial charge in [-0.3, -0.25) is 4.79 Å². The summed E-state index contributed by atoms with van der Waals surface area (Å²) in [5.41, 5.74) is 4.64. The molecule has 0 aromatic heterocycles. The Hall–Kier alpha value is -1.06. The molecule has 1 saturated carbocycles. The van der Waals surface area contributed by atoms with E-state index in [0.717, 1.165) is 32.2 Å². The van der Waals surface area contributed by atoms with Crippen LogP contribution in [0.1, 0.15) is 90.4 Å². The fraction of sp³-hybridized carbons (Fsp3) is 0.889. The van der Waals surface area contributed by atoms with Gasteiger partial charge in [-0.15, -0.1) is 0 Å². The molecule has 4 nitrogen and oxygen atoms in total. The Morgan fingerprint density at radius 1 is 1.18 bits per heavy atom. The third-order valence-corrected chi connectivity index (χ3v) is 4.51. The van der Waals surface area contributed by atoms with Crippen molar-refractivity contribution < 1.29 is 9.90 Å². The normalized spacial score (nSPS) is 19.7. The van der Waals surface area contributed by atoms with Gasteiger partial charge in [0.1, 0.15) is 0 Å². The summed E-state index contributed by atoms with van der Waals surface area (Å²) in [6, 6.07) is 0. The number of hydrogen-bond acceptors (Lipinski definition) is 3. The highest BCUT2D eigenvalue weighted by atomic mass is 16.4. The number of unbranched alkanes of at least 4 members (excludes halogenated alkanes) is 6. The monoisotopic (exact) mass is 310 g/mol. The number of aliphatic carboxylic acids is 1. The van der Waals surface area contributed by atoms with E-state index in [1.165, 1.54) is 57.1 Å². The molecule has 4 heteroatoms. The van der Waals surface area contributed by atoms with Gasteiger partial charge in [-0.2, -0.15) is 5.10 Å². The predicted molar refractivity (Wildman–Crippen MR) is 92.3 cm³/mol. The van der Waals surface area contributed by atoms with Gasteiger partial charge < -0.3 is 10.5 Å². The molecule has 0 aromatic carbocycles. The molecule has 0 bridgehead atoms. The highest BCUT2D eigenvalue weighted by molar-refractivity contribution is 5.88. The number of hydrazone groups is 1. The van der Waals surface area contributed by atoms with Crippen LogP contribution < -0.4 is 5.43 Å². The number of nitrogens with one attached hydrogen (secondary N) is 1. The molecule has 1 atom stereocenters. The minimum atomic E-state index is -0.671.